The van der Waals surface area contributed by atoms with E-state index in [-0.39, 0.29) is 24.4 Å². The molecule has 1 N–H and O–H groups in total. The maximum Gasteiger partial charge on any atom is 0.245 e. The molecule has 1 aromatic heterocycles. The summed E-state index contributed by atoms with van der Waals surface area (Å²) in [5.74, 6) is 0.593. The molecule has 6 heteroatoms. The Bertz CT molecular complexity index is 428. The molecule has 6 nitrogen and oxygen atoms in total. The quantitative estimate of drug-likeness (QED) is 0.864. The van der Waals surface area contributed by atoms with Crippen LogP contribution >= 0.6 is 0 Å². The highest BCUT2D eigenvalue weighted by Gasteiger charge is 2.19. The highest BCUT2D eigenvalue weighted by atomic mass is 16.5. The summed E-state index contributed by atoms with van der Waals surface area (Å²) in [6.07, 6.45) is 0.802. The molecule has 0 bridgehead atoms. The number of nitrogens with zero attached hydrogens (tertiary/aromatic N) is 2. The summed E-state index contributed by atoms with van der Waals surface area (Å²) in [5.41, 5.74) is 0. The van der Waals surface area contributed by atoms with Gasteiger partial charge in [0.05, 0.1) is 0 Å². The largest absolute Gasteiger partial charge is 0.360 e. The molecule has 0 radical (unpaired) electrons. The number of hydrogen-bond acceptors (Lipinski definition) is 4. The predicted molar refractivity (Wildman–Crippen MR) is 67.0 cm³/mol. The average Bonchev–Trinajstić information content (AvgIpc) is 2.70. The van der Waals surface area contributed by atoms with Crippen LogP contribution in [-0.4, -0.2) is 34.5 Å². The summed E-state index contributed by atoms with van der Waals surface area (Å²) >= 11 is 0. The lowest BCUT2D eigenvalue weighted by Crippen LogP contribution is -2.42. The highest BCUT2D eigenvalue weighted by molar-refractivity contribution is 5.93. The Kier molecular flexibility index (Phi) is 4.88. The summed E-state index contributed by atoms with van der Waals surface area (Å²) < 4.78 is 4.84. The molecule has 1 unspecified atom stereocenters. The Morgan fingerprint density at radius 2 is 2.22 bits per heavy atom. The van der Waals surface area contributed by atoms with E-state index in [4.69, 9.17) is 4.52 Å². The van der Waals surface area contributed by atoms with Crippen LogP contribution in [0.5, 0.6) is 0 Å². The Morgan fingerprint density at radius 3 is 2.67 bits per heavy atom. The molecule has 0 aliphatic heterocycles. The van der Waals surface area contributed by atoms with Crippen LogP contribution in [0.1, 0.15) is 33.0 Å². The van der Waals surface area contributed by atoms with E-state index >= 15 is 0 Å². The van der Waals surface area contributed by atoms with E-state index in [0.717, 1.165) is 6.42 Å². The summed E-state index contributed by atoms with van der Waals surface area (Å²) in [6.45, 7) is 7.11. The zero-order valence-corrected chi connectivity index (χ0v) is 11.2. The maximum atomic E-state index is 11.8. The lowest BCUT2D eigenvalue weighted by atomic mass is 10.2. The van der Waals surface area contributed by atoms with Gasteiger partial charge in [-0.05, 0) is 20.3 Å². The fourth-order valence-electron chi connectivity index (χ4n) is 1.56. The third-order valence-corrected chi connectivity index (χ3v) is 2.74. The SMILES string of the molecule is CCC(C)N(CC(=O)Nc1cc(C)on1)C(C)=O. The monoisotopic (exact) mass is 253 g/mol. The van der Waals surface area contributed by atoms with E-state index in [2.05, 4.69) is 10.5 Å². The second kappa shape index (κ2) is 6.18. The molecular formula is C12H19N3O3. The first-order valence-corrected chi connectivity index (χ1v) is 5.94. The molecule has 2 amide bonds. The van der Waals surface area contributed by atoms with Gasteiger partial charge in [0, 0.05) is 19.0 Å². The second-order valence-electron chi connectivity index (χ2n) is 4.28. The number of aryl methyl sites for hydroxylation is 1. The number of carbonyl (C=O) groups is 2. The van der Waals surface area contributed by atoms with E-state index < -0.39 is 0 Å². The van der Waals surface area contributed by atoms with Crippen LogP contribution in [0.3, 0.4) is 0 Å². The number of amides is 2. The van der Waals surface area contributed by atoms with Crippen LogP contribution in [0.25, 0.3) is 0 Å². The Morgan fingerprint density at radius 1 is 1.56 bits per heavy atom. The standard InChI is InChI=1S/C12H19N3O3/c1-5-8(2)15(10(4)16)7-12(17)13-11-6-9(3)18-14-11/h6,8H,5,7H2,1-4H3,(H,13,14,17). The lowest BCUT2D eigenvalue weighted by molar-refractivity contribution is -0.134. The first kappa shape index (κ1) is 14.2. The summed E-state index contributed by atoms with van der Waals surface area (Å²) in [4.78, 5) is 24.7. The Balaban J connectivity index is 2.59. The second-order valence-corrected chi connectivity index (χ2v) is 4.28. The molecule has 0 fully saturated rings. The third kappa shape index (κ3) is 3.87. The van der Waals surface area contributed by atoms with Crippen molar-refractivity contribution in [3.05, 3.63) is 11.8 Å². The van der Waals surface area contributed by atoms with Gasteiger partial charge in [-0.25, -0.2) is 0 Å². The van der Waals surface area contributed by atoms with Gasteiger partial charge in [0.25, 0.3) is 0 Å². The molecule has 1 aromatic rings. The smallest absolute Gasteiger partial charge is 0.245 e. The van der Waals surface area contributed by atoms with Crippen LogP contribution < -0.4 is 5.32 Å². The average molecular weight is 253 g/mol. The molecule has 0 saturated heterocycles. The van der Waals surface area contributed by atoms with Crippen LogP contribution in [0.4, 0.5) is 5.82 Å². The zero-order chi connectivity index (χ0) is 13.7. The van der Waals surface area contributed by atoms with Crippen LogP contribution in [0, 0.1) is 6.92 Å². The molecule has 1 atom stereocenters. The van der Waals surface area contributed by atoms with Crippen molar-refractivity contribution in [3.8, 4) is 0 Å². The Labute approximate surface area is 106 Å². The topological polar surface area (TPSA) is 75.4 Å². The molecule has 0 aliphatic carbocycles. The number of hydrogen-bond donors (Lipinski definition) is 1. The van der Waals surface area contributed by atoms with Gasteiger partial charge in [0.2, 0.25) is 11.8 Å². The number of nitrogens with one attached hydrogen (secondary N) is 1. The van der Waals surface area contributed by atoms with Gasteiger partial charge < -0.3 is 14.7 Å². The van der Waals surface area contributed by atoms with Crippen molar-refractivity contribution < 1.29 is 14.1 Å². The molecule has 1 heterocycles. The molecule has 0 aliphatic rings. The van der Waals surface area contributed by atoms with E-state index in [1.165, 1.54) is 11.8 Å². The summed E-state index contributed by atoms with van der Waals surface area (Å²) in [7, 11) is 0. The van der Waals surface area contributed by atoms with Crippen LogP contribution in [0.15, 0.2) is 10.6 Å². The van der Waals surface area contributed by atoms with Gasteiger partial charge >= 0.3 is 0 Å². The van der Waals surface area contributed by atoms with Gasteiger partial charge in [-0.1, -0.05) is 12.1 Å². The lowest BCUT2D eigenvalue weighted by Gasteiger charge is -2.26. The van der Waals surface area contributed by atoms with E-state index in [0.29, 0.717) is 11.6 Å². The molecule has 0 saturated carbocycles. The first-order chi connectivity index (χ1) is 8.43. The minimum atomic E-state index is -0.279. The minimum absolute atomic E-state index is 0.0241. The van der Waals surface area contributed by atoms with Crippen molar-refractivity contribution in [3.63, 3.8) is 0 Å². The maximum absolute atomic E-state index is 11.8. The fourth-order valence-corrected chi connectivity index (χ4v) is 1.56. The van der Waals surface area contributed by atoms with Crippen molar-refractivity contribution in [2.45, 2.75) is 40.2 Å². The molecule has 1 rings (SSSR count). The number of rotatable bonds is 5. The number of aromatic nitrogens is 1. The minimum Gasteiger partial charge on any atom is -0.360 e. The normalized spacial score (nSPS) is 12.0. The Hall–Kier alpha value is -1.85. The first-order valence-electron chi connectivity index (χ1n) is 5.94. The van der Waals surface area contributed by atoms with Gasteiger partial charge in [-0.3, -0.25) is 9.59 Å². The van der Waals surface area contributed by atoms with Crippen LogP contribution in [-0.2, 0) is 9.59 Å². The van der Waals surface area contributed by atoms with E-state index in [1.807, 2.05) is 13.8 Å². The van der Waals surface area contributed by atoms with E-state index in [9.17, 15) is 9.59 Å². The van der Waals surface area contributed by atoms with Crippen molar-refractivity contribution in [2.24, 2.45) is 0 Å². The van der Waals surface area contributed by atoms with Gasteiger partial charge in [-0.15, -0.1) is 0 Å². The molecule has 0 aromatic carbocycles. The van der Waals surface area contributed by atoms with Crippen molar-refractivity contribution in [1.29, 1.82) is 0 Å². The molecule has 0 spiro atoms. The van der Waals surface area contributed by atoms with Gasteiger partial charge in [-0.2, -0.15) is 0 Å². The van der Waals surface area contributed by atoms with Gasteiger partial charge in [0.15, 0.2) is 5.82 Å². The zero-order valence-electron chi connectivity index (χ0n) is 11.2. The van der Waals surface area contributed by atoms with Crippen LogP contribution in [0.2, 0.25) is 0 Å². The number of anilines is 1. The van der Waals surface area contributed by atoms with Crippen molar-refractivity contribution in [1.82, 2.24) is 10.1 Å². The van der Waals surface area contributed by atoms with E-state index in [1.54, 1.807) is 13.0 Å². The van der Waals surface area contributed by atoms with Gasteiger partial charge in [0.1, 0.15) is 12.3 Å². The summed E-state index contributed by atoms with van der Waals surface area (Å²) in [5, 5.41) is 6.25. The third-order valence-electron chi connectivity index (χ3n) is 2.74. The fraction of sp³-hybridized carbons (Fsp3) is 0.583. The predicted octanol–water partition coefficient (Wildman–Crippen LogP) is 1.57. The molecular weight excluding hydrogens is 234 g/mol. The summed E-state index contributed by atoms with van der Waals surface area (Å²) in [6, 6.07) is 1.66. The number of carbonyl (C=O) groups excluding carboxylic acids is 2. The molecule has 100 valence electrons. The van der Waals surface area contributed by atoms with Crippen molar-refractivity contribution in [2.75, 3.05) is 11.9 Å². The van der Waals surface area contributed by atoms with Crippen molar-refractivity contribution >= 4 is 17.6 Å². The molecule has 18 heavy (non-hydrogen) atoms. The highest BCUT2D eigenvalue weighted by Crippen LogP contribution is 2.08.